The van der Waals surface area contributed by atoms with Crippen LogP contribution in [0, 0.1) is 0 Å². The topological polar surface area (TPSA) is 67.3 Å². The third-order valence-corrected chi connectivity index (χ3v) is 30.4. The maximum atomic E-state index is 6.77. The second kappa shape index (κ2) is 32.5. The van der Waals surface area contributed by atoms with Crippen molar-refractivity contribution in [2.75, 3.05) is 0 Å². The Kier molecular flexibility index (Phi) is 18.6. The standard InChI is InChI=1S/2C44H27NOS.C42H25NO2/c1-3-12-28(13-4-1)34-19-9-20-36-40-32(17-10-22-38(40)46-43(34)36)29-24-26-30(27-25-29)33-18-11-23-39-41(33)42-44(47-39)35-16-7-8-21-37(35)45(42)31-14-5-2-6-15-31;1-3-11-28(12-4-1)31-25-26-39-37(27-31)35-18-9-17-34(43(35)46-39)30-23-21-29(22-24-30)33-16-10-20-40-41(33)42-44(47-40)36-15-7-8-19-38(36)45(42)32-13-5-2-6-14-32;1-2-11-29(12-3-1)43-36-18-7-6-14-33(36)42-39(43)35-17-8-16-32(41(35)45-42)28-22-20-27(21-23-28)30-15-9-19-37-38(30)34-25-24-26-10-4-5-13-31(26)40(34)44-37/h2*1-27H;1-25H. The number of furan rings is 4. The molecule has 0 saturated heterocycles. The molecule has 0 aliphatic rings. The summed E-state index contributed by atoms with van der Waals surface area (Å²) < 4.78 is 38.7. The fourth-order valence-corrected chi connectivity index (χ4v) is 24.3. The second-order valence-corrected chi connectivity index (χ2v) is 37.9. The molecule has 9 heterocycles. The summed E-state index contributed by atoms with van der Waals surface area (Å²) in [6, 6.07) is 171. The van der Waals surface area contributed by atoms with Crippen molar-refractivity contribution >= 4 is 195 Å². The SMILES string of the molecule is c1ccc(-c2ccc3oc4c(-c5ccc(-c6cccc7sc8c9ccccc9n(-c9ccccc9)c8c67)cc5)cccc4c3c2)cc1.c1ccc(-c2cccc3c2oc2cccc(-c4ccc(-c5cccc6sc7c8ccccc8n(-c8ccccc8)c7c56)cc4)c23)cc1.c1ccc(-n2c3ccccc3c3oc4c(-c5ccc(-c6cccc7oc8c9ccccc9ccc8c67)cc5)cccc4c32)cc1. The molecular weight excluding hydrogens is 1730 g/mol. The lowest BCUT2D eigenvalue weighted by Crippen LogP contribution is -1.93. The Labute approximate surface area is 805 Å². The van der Waals surface area contributed by atoms with Crippen LogP contribution in [0.1, 0.15) is 0 Å². The van der Waals surface area contributed by atoms with E-state index in [9.17, 15) is 0 Å². The van der Waals surface area contributed by atoms with Gasteiger partial charge in [0.1, 0.15) is 44.6 Å². The Hall–Kier alpha value is -17.9. The quantitative estimate of drug-likeness (QED) is 0.129. The van der Waals surface area contributed by atoms with Crippen LogP contribution in [0.3, 0.4) is 0 Å². The van der Waals surface area contributed by atoms with Crippen molar-refractivity contribution in [3.8, 4) is 106 Å². The molecule has 650 valence electrons. The molecule has 0 atom stereocenters. The third kappa shape index (κ3) is 12.9. The predicted molar refractivity (Wildman–Crippen MR) is 586 cm³/mol. The van der Waals surface area contributed by atoms with Crippen LogP contribution in [0.2, 0.25) is 0 Å². The number of fused-ring (bicyclic) bond motifs is 26. The number of thiophene rings is 2. The normalized spacial score (nSPS) is 11.9. The molecule has 139 heavy (non-hydrogen) atoms. The lowest BCUT2D eigenvalue weighted by Gasteiger charge is -2.11. The molecule has 0 unspecified atom stereocenters. The summed E-state index contributed by atoms with van der Waals surface area (Å²) >= 11 is 3.77. The van der Waals surface area contributed by atoms with Crippen molar-refractivity contribution in [1.82, 2.24) is 13.7 Å². The summed E-state index contributed by atoms with van der Waals surface area (Å²) in [6.45, 7) is 0. The van der Waals surface area contributed by atoms with Crippen molar-refractivity contribution in [2.24, 2.45) is 0 Å². The van der Waals surface area contributed by atoms with Crippen LogP contribution in [0.15, 0.2) is 497 Å². The van der Waals surface area contributed by atoms with Crippen molar-refractivity contribution in [3.05, 3.63) is 479 Å². The third-order valence-electron chi connectivity index (χ3n) is 28.1. The summed E-state index contributed by atoms with van der Waals surface area (Å²) in [6.07, 6.45) is 0. The average Bonchev–Trinajstić information content (AvgIpc) is 1.55. The monoisotopic (exact) mass is 1810 g/mol. The van der Waals surface area contributed by atoms with Crippen molar-refractivity contribution < 1.29 is 17.7 Å². The fraction of sp³-hybridized carbons (Fsp3) is 0. The molecule has 0 aliphatic carbocycles. The van der Waals surface area contributed by atoms with Crippen LogP contribution in [-0.2, 0) is 0 Å². The first-order valence-corrected chi connectivity index (χ1v) is 48.8. The molecule has 9 aromatic heterocycles. The minimum atomic E-state index is 0.903. The van der Waals surface area contributed by atoms with Gasteiger partial charge in [0, 0.05) is 113 Å². The summed E-state index contributed by atoms with van der Waals surface area (Å²) in [5, 5.41) is 16.6. The maximum Gasteiger partial charge on any atom is 0.161 e. The van der Waals surface area contributed by atoms with Gasteiger partial charge in [-0.3, -0.25) is 0 Å². The van der Waals surface area contributed by atoms with Crippen LogP contribution in [-0.4, -0.2) is 13.7 Å². The highest BCUT2D eigenvalue weighted by molar-refractivity contribution is 7.27. The van der Waals surface area contributed by atoms with Gasteiger partial charge < -0.3 is 31.4 Å². The van der Waals surface area contributed by atoms with Gasteiger partial charge in [0.05, 0.1) is 37.0 Å². The van der Waals surface area contributed by atoms with E-state index in [0.717, 1.165) is 149 Å². The zero-order valence-electron chi connectivity index (χ0n) is 74.9. The molecule has 30 aromatic rings. The van der Waals surface area contributed by atoms with E-state index in [1.165, 1.54) is 129 Å². The summed E-state index contributed by atoms with van der Waals surface area (Å²) in [4.78, 5) is 0. The number of rotatable bonds is 11. The van der Waals surface area contributed by atoms with Gasteiger partial charge in [0.25, 0.3) is 0 Å². The summed E-state index contributed by atoms with van der Waals surface area (Å²) in [7, 11) is 0. The number of hydrogen-bond acceptors (Lipinski definition) is 6. The van der Waals surface area contributed by atoms with E-state index in [1.54, 1.807) is 0 Å². The lowest BCUT2D eigenvalue weighted by atomic mass is 9.95. The lowest BCUT2D eigenvalue weighted by molar-refractivity contribution is 0.669. The fourth-order valence-electron chi connectivity index (χ4n) is 21.8. The largest absolute Gasteiger partial charge is 0.455 e. The molecule has 0 radical (unpaired) electrons. The van der Waals surface area contributed by atoms with E-state index in [1.807, 2.05) is 22.7 Å². The number of nitrogens with zero attached hydrogens (tertiary/aromatic N) is 3. The van der Waals surface area contributed by atoms with Crippen molar-refractivity contribution in [3.63, 3.8) is 0 Å². The Morgan fingerprint density at radius 2 is 0.496 bits per heavy atom. The molecular formula is C130H79N3O4S2. The van der Waals surface area contributed by atoms with Gasteiger partial charge in [-0.05, 0) is 187 Å². The highest BCUT2D eigenvalue weighted by atomic mass is 32.1. The number of para-hydroxylation sites is 9. The molecule has 0 fully saturated rings. The van der Waals surface area contributed by atoms with Crippen LogP contribution < -0.4 is 0 Å². The predicted octanol–water partition coefficient (Wildman–Crippen LogP) is 37.7. The van der Waals surface area contributed by atoms with Gasteiger partial charge in [-0.1, -0.05) is 370 Å². The molecule has 0 spiro atoms. The summed E-state index contributed by atoms with van der Waals surface area (Å²) in [5.41, 5.74) is 36.8. The molecule has 21 aromatic carbocycles. The van der Waals surface area contributed by atoms with Crippen LogP contribution >= 0.6 is 22.7 Å². The van der Waals surface area contributed by atoms with E-state index >= 15 is 0 Å². The minimum absolute atomic E-state index is 0.903. The zero-order chi connectivity index (χ0) is 91.3. The van der Waals surface area contributed by atoms with Gasteiger partial charge in [-0.15, -0.1) is 22.7 Å². The number of hydrogen-bond donors (Lipinski definition) is 0. The van der Waals surface area contributed by atoms with Gasteiger partial charge in [-0.2, -0.15) is 0 Å². The van der Waals surface area contributed by atoms with E-state index in [2.05, 4.69) is 493 Å². The van der Waals surface area contributed by atoms with E-state index < -0.39 is 0 Å². The molecule has 30 rings (SSSR count). The van der Waals surface area contributed by atoms with Crippen LogP contribution in [0.5, 0.6) is 0 Å². The Bertz CT molecular complexity index is 10100. The molecule has 0 N–H and O–H groups in total. The first-order valence-electron chi connectivity index (χ1n) is 47.1. The smallest absolute Gasteiger partial charge is 0.161 e. The van der Waals surface area contributed by atoms with Crippen LogP contribution in [0.4, 0.5) is 0 Å². The van der Waals surface area contributed by atoms with Gasteiger partial charge in [0.2, 0.25) is 0 Å². The Morgan fingerprint density at radius 3 is 1.00 bits per heavy atom. The average molecular weight is 1810 g/mol. The minimum Gasteiger partial charge on any atom is -0.455 e. The second-order valence-electron chi connectivity index (χ2n) is 35.8. The molecule has 0 aliphatic heterocycles. The zero-order valence-corrected chi connectivity index (χ0v) is 76.5. The van der Waals surface area contributed by atoms with E-state index in [4.69, 9.17) is 17.7 Å². The van der Waals surface area contributed by atoms with E-state index in [-0.39, 0.29) is 0 Å². The maximum absolute atomic E-state index is 6.77. The number of benzene rings is 21. The molecule has 0 saturated carbocycles. The first kappa shape index (κ1) is 79.7. The Morgan fingerprint density at radius 1 is 0.165 bits per heavy atom. The van der Waals surface area contributed by atoms with E-state index in [0.29, 0.717) is 0 Å². The molecule has 7 nitrogen and oxygen atoms in total. The summed E-state index contributed by atoms with van der Waals surface area (Å²) in [5.74, 6) is 0. The molecule has 0 amide bonds. The highest BCUT2D eigenvalue weighted by Crippen LogP contribution is 2.52. The highest BCUT2D eigenvalue weighted by Gasteiger charge is 2.28. The Balaban J connectivity index is 0.000000103. The first-order chi connectivity index (χ1) is 69.0. The molecule has 9 heteroatoms. The van der Waals surface area contributed by atoms with Crippen molar-refractivity contribution in [2.45, 2.75) is 0 Å². The molecule has 0 bridgehead atoms. The van der Waals surface area contributed by atoms with Gasteiger partial charge in [-0.25, -0.2) is 0 Å². The number of aromatic nitrogens is 3. The van der Waals surface area contributed by atoms with Crippen molar-refractivity contribution in [1.29, 1.82) is 0 Å². The van der Waals surface area contributed by atoms with Gasteiger partial charge >= 0.3 is 0 Å². The van der Waals surface area contributed by atoms with Gasteiger partial charge in [0.15, 0.2) is 5.58 Å². The van der Waals surface area contributed by atoms with Crippen LogP contribution in [0.25, 0.3) is 278 Å².